The van der Waals surface area contributed by atoms with Gasteiger partial charge in [0.05, 0.1) is 5.69 Å². The molecule has 2 rings (SSSR count). The molecule has 0 fully saturated rings. The summed E-state index contributed by atoms with van der Waals surface area (Å²) in [6, 6.07) is 0.770. The quantitative estimate of drug-likeness (QED) is 0.488. The summed E-state index contributed by atoms with van der Waals surface area (Å²) in [6.45, 7) is 3.10. The zero-order valence-corrected chi connectivity index (χ0v) is 12.1. The number of imidazole rings is 1. The van der Waals surface area contributed by atoms with Crippen molar-refractivity contribution in [1.82, 2.24) is 14.4 Å². The average Bonchev–Trinajstić information content (AvgIpc) is 2.82. The number of halogens is 4. The predicted molar refractivity (Wildman–Crippen MR) is 69.8 cm³/mol. The third kappa shape index (κ3) is 2.58. The number of nitrogens with zero attached hydrogens (tertiary/aromatic N) is 3. The predicted octanol–water partition coefficient (Wildman–Crippen LogP) is 2.44. The highest BCUT2D eigenvalue weighted by Crippen LogP contribution is 2.45. The van der Waals surface area contributed by atoms with Crippen molar-refractivity contribution in [3.63, 3.8) is 0 Å². The second-order valence-electron chi connectivity index (χ2n) is 4.64. The summed E-state index contributed by atoms with van der Waals surface area (Å²) in [7, 11) is -3.99. The van der Waals surface area contributed by atoms with Crippen molar-refractivity contribution in [3.8, 4) is 0 Å². The first kappa shape index (κ1) is 16.4. The zero-order valence-electron chi connectivity index (χ0n) is 11.3. The minimum atomic E-state index is -5.28. The molecule has 0 aromatic carbocycles. The summed E-state index contributed by atoms with van der Waals surface area (Å²) < 4.78 is 78.2. The summed E-state index contributed by atoms with van der Waals surface area (Å²) in [5.41, 5.74) is -5.07. The van der Waals surface area contributed by atoms with Crippen molar-refractivity contribution in [1.29, 1.82) is 0 Å². The molecule has 22 heavy (non-hydrogen) atoms. The molecule has 0 aliphatic rings. The van der Waals surface area contributed by atoms with E-state index in [9.17, 15) is 26.0 Å². The van der Waals surface area contributed by atoms with E-state index in [1.807, 2.05) is 0 Å². The molecule has 0 aliphatic heterocycles. The van der Waals surface area contributed by atoms with E-state index < -0.39 is 39.0 Å². The van der Waals surface area contributed by atoms with Crippen molar-refractivity contribution in [2.75, 3.05) is 6.26 Å². The van der Waals surface area contributed by atoms with Gasteiger partial charge in [-0.25, -0.2) is 22.8 Å². The number of rotatable bonds is 4. The highest BCUT2D eigenvalue weighted by Gasteiger charge is 2.58. The molecule has 0 bridgehead atoms. The van der Waals surface area contributed by atoms with Crippen LogP contribution in [0.15, 0.2) is 36.3 Å². The second-order valence-corrected chi connectivity index (χ2v) is 6.55. The van der Waals surface area contributed by atoms with E-state index in [2.05, 4.69) is 16.5 Å². The summed E-state index contributed by atoms with van der Waals surface area (Å²) in [5.74, 6) is 0. The molecule has 0 spiro atoms. The van der Waals surface area contributed by atoms with Gasteiger partial charge in [-0.1, -0.05) is 6.08 Å². The monoisotopic (exact) mass is 337 g/mol. The van der Waals surface area contributed by atoms with Crippen LogP contribution in [0.5, 0.6) is 0 Å². The van der Waals surface area contributed by atoms with Gasteiger partial charge in [0.1, 0.15) is 5.65 Å². The molecule has 1 atom stereocenters. The topological polar surface area (TPSA) is 64.3 Å². The van der Waals surface area contributed by atoms with Gasteiger partial charge in [0, 0.05) is 31.1 Å². The largest absolute Gasteiger partial charge is 0.428 e. The van der Waals surface area contributed by atoms with Crippen LogP contribution < -0.4 is 0 Å². The number of sulfone groups is 1. The molecule has 0 saturated carbocycles. The standard InChI is InChI=1S/C12H11F4N3O2S/c1-3-4-11(13,12(14,15)16)8-7-9-17-5-6-19(9)10(18-8)22(2,20)21/h3,5-7H,1,4H2,2H3. The molecule has 120 valence electrons. The Hall–Kier alpha value is -1.97. The first-order valence-electron chi connectivity index (χ1n) is 5.92. The Bertz CT molecular complexity index is 828. The van der Waals surface area contributed by atoms with Crippen molar-refractivity contribution >= 4 is 15.5 Å². The molecule has 0 aliphatic carbocycles. The maximum absolute atomic E-state index is 14.5. The number of hydrogen-bond acceptors (Lipinski definition) is 4. The summed E-state index contributed by atoms with van der Waals surface area (Å²) in [5, 5.41) is -0.715. The van der Waals surface area contributed by atoms with E-state index in [1.54, 1.807) is 0 Å². The van der Waals surface area contributed by atoms with Gasteiger partial charge in [-0.05, 0) is 0 Å². The molecular weight excluding hydrogens is 326 g/mol. The lowest BCUT2D eigenvalue weighted by Crippen LogP contribution is -2.39. The second kappa shape index (κ2) is 5.04. The van der Waals surface area contributed by atoms with Gasteiger partial charge in [-0.15, -0.1) is 6.58 Å². The maximum Gasteiger partial charge on any atom is 0.428 e. The molecule has 2 heterocycles. The Balaban J connectivity index is 2.83. The molecule has 0 N–H and O–H groups in total. The van der Waals surface area contributed by atoms with E-state index in [0.29, 0.717) is 0 Å². The smallest absolute Gasteiger partial charge is 0.275 e. The van der Waals surface area contributed by atoms with E-state index in [4.69, 9.17) is 0 Å². The fourth-order valence-corrected chi connectivity index (χ4v) is 2.70. The van der Waals surface area contributed by atoms with Gasteiger partial charge in [0.25, 0.3) is 5.67 Å². The number of allylic oxidation sites excluding steroid dienone is 1. The number of hydrogen-bond donors (Lipinski definition) is 0. The highest BCUT2D eigenvalue weighted by atomic mass is 32.2. The minimum absolute atomic E-state index is 0.152. The van der Waals surface area contributed by atoms with E-state index in [1.165, 1.54) is 12.4 Å². The van der Waals surface area contributed by atoms with E-state index in [-0.39, 0.29) is 5.65 Å². The normalized spacial score (nSPS) is 15.7. The van der Waals surface area contributed by atoms with Crippen molar-refractivity contribution < 1.29 is 26.0 Å². The molecule has 0 saturated heterocycles. The Morgan fingerprint density at radius 2 is 2.00 bits per heavy atom. The lowest BCUT2D eigenvalue weighted by molar-refractivity contribution is -0.236. The van der Waals surface area contributed by atoms with Crippen LogP contribution in [0.4, 0.5) is 17.6 Å². The minimum Gasteiger partial charge on any atom is -0.275 e. The van der Waals surface area contributed by atoms with Gasteiger partial charge in [0.2, 0.25) is 15.0 Å². The molecule has 2 aromatic heterocycles. The number of aromatic nitrogens is 3. The third-order valence-electron chi connectivity index (χ3n) is 2.97. The van der Waals surface area contributed by atoms with Crippen molar-refractivity contribution in [2.45, 2.75) is 23.4 Å². The zero-order chi connectivity index (χ0) is 16.8. The molecule has 10 heteroatoms. The molecule has 2 aromatic rings. The Morgan fingerprint density at radius 1 is 1.36 bits per heavy atom. The van der Waals surface area contributed by atoms with Crippen LogP contribution in [0.3, 0.4) is 0 Å². The highest BCUT2D eigenvalue weighted by molar-refractivity contribution is 7.90. The Labute approximate surface area is 123 Å². The lowest BCUT2D eigenvalue weighted by atomic mass is 9.96. The summed E-state index contributed by atoms with van der Waals surface area (Å²) in [4.78, 5) is 7.10. The van der Waals surface area contributed by atoms with Gasteiger partial charge in [-0.3, -0.25) is 4.40 Å². The molecule has 5 nitrogen and oxygen atoms in total. The maximum atomic E-state index is 14.5. The van der Waals surface area contributed by atoms with Crippen LogP contribution in [0, 0.1) is 0 Å². The summed E-state index contributed by atoms with van der Waals surface area (Å²) >= 11 is 0. The van der Waals surface area contributed by atoms with Crippen LogP contribution in [-0.4, -0.2) is 35.2 Å². The number of alkyl halides is 4. The van der Waals surface area contributed by atoms with E-state index >= 15 is 0 Å². The molecule has 1 unspecified atom stereocenters. The SMILES string of the molecule is C=CCC(F)(c1cc2nccn2c(S(C)(=O)=O)n1)C(F)(F)F. The van der Waals surface area contributed by atoms with Crippen molar-refractivity contribution in [3.05, 3.63) is 36.8 Å². The summed E-state index contributed by atoms with van der Waals surface area (Å²) in [6.07, 6.45) is -2.47. The molecule has 0 amide bonds. The van der Waals surface area contributed by atoms with Crippen LogP contribution in [-0.2, 0) is 15.5 Å². The van der Waals surface area contributed by atoms with Crippen LogP contribution in [0.2, 0.25) is 0 Å². The molecule has 0 radical (unpaired) electrons. The van der Waals surface area contributed by atoms with Crippen LogP contribution >= 0.6 is 0 Å². The fourth-order valence-electron chi connectivity index (χ4n) is 1.92. The van der Waals surface area contributed by atoms with Gasteiger partial charge in [0.15, 0.2) is 0 Å². The van der Waals surface area contributed by atoms with Gasteiger partial charge < -0.3 is 0 Å². The van der Waals surface area contributed by atoms with Gasteiger partial charge >= 0.3 is 6.18 Å². The Kier molecular flexibility index (Phi) is 3.76. The van der Waals surface area contributed by atoms with Crippen LogP contribution in [0.1, 0.15) is 12.1 Å². The Morgan fingerprint density at radius 3 is 2.50 bits per heavy atom. The fraction of sp³-hybridized carbons (Fsp3) is 0.333. The average molecular weight is 337 g/mol. The first-order valence-corrected chi connectivity index (χ1v) is 7.81. The lowest BCUT2D eigenvalue weighted by Gasteiger charge is -2.26. The van der Waals surface area contributed by atoms with E-state index in [0.717, 1.165) is 22.8 Å². The van der Waals surface area contributed by atoms with Crippen molar-refractivity contribution in [2.24, 2.45) is 0 Å². The van der Waals surface area contributed by atoms with Gasteiger partial charge in [-0.2, -0.15) is 13.2 Å². The molecular formula is C12H11F4N3O2S. The first-order chi connectivity index (χ1) is 10.0. The third-order valence-corrected chi connectivity index (χ3v) is 3.92. The number of fused-ring (bicyclic) bond motifs is 1. The van der Waals surface area contributed by atoms with Crippen LogP contribution in [0.25, 0.3) is 5.65 Å².